The Morgan fingerprint density at radius 1 is 1.25 bits per heavy atom. The number of carbonyl (C=O) groups excluding carboxylic acids is 1. The average Bonchev–Trinajstić information content (AvgIpc) is 3.24. The van der Waals surface area contributed by atoms with Gasteiger partial charge in [0.25, 0.3) is 0 Å². The van der Waals surface area contributed by atoms with Gasteiger partial charge in [0.15, 0.2) is 0 Å². The zero-order valence-electron chi connectivity index (χ0n) is 16.6. The van der Waals surface area contributed by atoms with Crippen LogP contribution in [0.1, 0.15) is 62.9 Å². The fraction of sp³-hybridized carbons (Fsp3) is 0.545. The molecule has 1 atom stereocenters. The first kappa shape index (κ1) is 18.8. The number of aromatic nitrogens is 4. The van der Waals surface area contributed by atoms with Gasteiger partial charge in [0.1, 0.15) is 5.82 Å². The standard InChI is InChI=1S/C22H29N5O/c1-2-6-20-23-12-9-19(25-20)18-15-24-26-21(18)16-10-13-27(14-11-16)22(28)17-7-4-3-5-8-17/h3-4,9,12,15-17H,2,5-8,10-11,13-14H2,1H3,(H,24,26)/t17-/m0/s1. The second-order valence-electron chi connectivity index (χ2n) is 7.89. The first-order chi connectivity index (χ1) is 13.8. The summed E-state index contributed by atoms with van der Waals surface area (Å²) in [4.78, 5) is 23.9. The Labute approximate surface area is 166 Å². The molecule has 4 rings (SSSR count). The number of H-pyrrole nitrogens is 1. The molecule has 1 amide bonds. The smallest absolute Gasteiger partial charge is 0.226 e. The van der Waals surface area contributed by atoms with E-state index >= 15 is 0 Å². The normalized spacial score (nSPS) is 20.5. The van der Waals surface area contributed by atoms with Gasteiger partial charge in [-0.25, -0.2) is 9.97 Å². The molecule has 1 fully saturated rings. The zero-order chi connectivity index (χ0) is 19.3. The second-order valence-corrected chi connectivity index (χ2v) is 7.89. The van der Waals surface area contributed by atoms with Crippen LogP contribution in [-0.2, 0) is 11.2 Å². The van der Waals surface area contributed by atoms with Crippen LogP contribution < -0.4 is 0 Å². The van der Waals surface area contributed by atoms with E-state index in [2.05, 4.69) is 39.2 Å². The van der Waals surface area contributed by atoms with E-state index < -0.39 is 0 Å². The summed E-state index contributed by atoms with van der Waals surface area (Å²) in [6, 6.07) is 1.96. The van der Waals surface area contributed by atoms with Crippen molar-refractivity contribution in [3.63, 3.8) is 0 Å². The number of hydrogen-bond donors (Lipinski definition) is 1. The van der Waals surface area contributed by atoms with Crippen molar-refractivity contribution in [2.75, 3.05) is 13.1 Å². The van der Waals surface area contributed by atoms with Crippen LogP contribution in [0.15, 0.2) is 30.6 Å². The van der Waals surface area contributed by atoms with Crippen LogP contribution in [0.2, 0.25) is 0 Å². The van der Waals surface area contributed by atoms with Crippen molar-refractivity contribution in [3.8, 4) is 11.3 Å². The Bertz CT molecular complexity index is 835. The maximum atomic E-state index is 12.8. The quantitative estimate of drug-likeness (QED) is 0.800. The first-order valence-electron chi connectivity index (χ1n) is 10.6. The summed E-state index contributed by atoms with van der Waals surface area (Å²) >= 11 is 0. The molecular formula is C22H29N5O. The lowest BCUT2D eigenvalue weighted by molar-refractivity contribution is -0.136. The van der Waals surface area contributed by atoms with E-state index in [1.165, 1.54) is 0 Å². The molecule has 2 aromatic heterocycles. The van der Waals surface area contributed by atoms with Gasteiger partial charge < -0.3 is 4.90 Å². The minimum atomic E-state index is 0.183. The molecule has 28 heavy (non-hydrogen) atoms. The predicted octanol–water partition coefficient (Wildman–Crippen LogP) is 3.88. The number of carbonyl (C=O) groups is 1. The number of piperidine rings is 1. The van der Waals surface area contributed by atoms with Gasteiger partial charge in [-0.3, -0.25) is 9.89 Å². The van der Waals surface area contributed by atoms with Crippen LogP contribution in [0.4, 0.5) is 0 Å². The van der Waals surface area contributed by atoms with Crippen molar-refractivity contribution in [3.05, 3.63) is 42.1 Å². The van der Waals surface area contributed by atoms with E-state index in [1.807, 2.05) is 18.5 Å². The van der Waals surface area contributed by atoms with E-state index in [-0.39, 0.29) is 5.92 Å². The molecular weight excluding hydrogens is 350 g/mol. The molecule has 0 radical (unpaired) electrons. The third-order valence-corrected chi connectivity index (χ3v) is 5.96. The predicted molar refractivity (Wildman–Crippen MR) is 109 cm³/mol. The van der Waals surface area contributed by atoms with Crippen LogP contribution >= 0.6 is 0 Å². The molecule has 1 N–H and O–H groups in total. The van der Waals surface area contributed by atoms with E-state index in [0.29, 0.717) is 11.8 Å². The molecule has 1 aliphatic carbocycles. The molecule has 6 nitrogen and oxygen atoms in total. The lowest BCUT2D eigenvalue weighted by Crippen LogP contribution is -2.41. The molecule has 0 saturated carbocycles. The van der Waals surface area contributed by atoms with Gasteiger partial charge >= 0.3 is 0 Å². The van der Waals surface area contributed by atoms with Crippen molar-refractivity contribution >= 4 is 5.91 Å². The van der Waals surface area contributed by atoms with Crippen molar-refractivity contribution in [2.45, 2.75) is 57.8 Å². The van der Waals surface area contributed by atoms with Crippen molar-refractivity contribution in [2.24, 2.45) is 5.92 Å². The number of aromatic amines is 1. The number of nitrogens with zero attached hydrogens (tertiary/aromatic N) is 4. The van der Waals surface area contributed by atoms with E-state index in [1.54, 1.807) is 0 Å². The Kier molecular flexibility index (Phi) is 5.84. The molecule has 1 saturated heterocycles. The van der Waals surface area contributed by atoms with Crippen molar-refractivity contribution < 1.29 is 4.79 Å². The van der Waals surface area contributed by atoms with Gasteiger partial charge in [-0.15, -0.1) is 0 Å². The van der Waals surface area contributed by atoms with Gasteiger partial charge in [-0.2, -0.15) is 5.10 Å². The minimum absolute atomic E-state index is 0.183. The molecule has 0 bridgehead atoms. The fourth-order valence-corrected chi connectivity index (χ4v) is 4.37. The lowest BCUT2D eigenvalue weighted by atomic mass is 9.88. The highest BCUT2D eigenvalue weighted by atomic mass is 16.2. The minimum Gasteiger partial charge on any atom is -0.342 e. The molecule has 0 unspecified atom stereocenters. The molecule has 2 aliphatic rings. The number of likely N-dealkylation sites (tertiary alicyclic amines) is 1. The number of amides is 1. The molecule has 0 aromatic carbocycles. The topological polar surface area (TPSA) is 74.8 Å². The molecule has 0 spiro atoms. The monoisotopic (exact) mass is 379 g/mol. The van der Waals surface area contributed by atoms with Crippen LogP contribution in [0.3, 0.4) is 0 Å². The number of hydrogen-bond acceptors (Lipinski definition) is 4. The Balaban J connectivity index is 1.43. The first-order valence-corrected chi connectivity index (χ1v) is 10.6. The largest absolute Gasteiger partial charge is 0.342 e. The maximum Gasteiger partial charge on any atom is 0.226 e. The highest BCUT2D eigenvalue weighted by Gasteiger charge is 2.30. The van der Waals surface area contributed by atoms with Crippen LogP contribution in [-0.4, -0.2) is 44.1 Å². The number of nitrogens with one attached hydrogen (secondary N) is 1. The number of aryl methyl sites for hydroxylation is 1. The summed E-state index contributed by atoms with van der Waals surface area (Å²) in [5, 5.41) is 7.51. The van der Waals surface area contributed by atoms with Gasteiger partial charge in [0.2, 0.25) is 5.91 Å². The highest BCUT2D eigenvalue weighted by molar-refractivity contribution is 5.79. The summed E-state index contributed by atoms with van der Waals surface area (Å²) < 4.78 is 0. The van der Waals surface area contributed by atoms with E-state index in [4.69, 9.17) is 4.98 Å². The van der Waals surface area contributed by atoms with Gasteiger partial charge in [-0.05, 0) is 44.6 Å². The summed E-state index contributed by atoms with van der Waals surface area (Å²) in [5.41, 5.74) is 3.16. The van der Waals surface area contributed by atoms with E-state index in [9.17, 15) is 4.79 Å². The van der Waals surface area contributed by atoms with Crippen LogP contribution in [0, 0.1) is 5.92 Å². The highest BCUT2D eigenvalue weighted by Crippen LogP contribution is 2.34. The van der Waals surface area contributed by atoms with Gasteiger partial charge in [0, 0.05) is 48.8 Å². The Morgan fingerprint density at radius 3 is 2.86 bits per heavy atom. The summed E-state index contributed by atoms with van der Waals surface area (Å²) in [6.07, 6.45) is 14.8. The van der Waals surface area contributed by atoms with Crippen LogP contribution in [0.5, 0.6) is 0 Å². The second kappa shape index (κ2) is 8.67. The SMILES string of the molecule is CCCc1nccc(-c2cn[nH]c2C2CCN(C(=O)[C@H]3CC=CCC3)CC2)n1. The number of rotatable bonds is 5. The lowest BCUT2D eigenvalue weighted by Gasteiger charge is -2.34. The average molecular weight is 380 g/mol. The van der Waals surface area contributed by atoms with Crippen molar-refractivity contribution in [1.82, 2.24) is 25.1 Å². The van der Waals surface area contributed by atoms with Crippen molar-refractivity contribution in [1.29, 1.82) is 0 Å². The van der Waals surface area contributed by atoms with Gasteiger partial charge in [-0.1, -0.05) is 19.1 Å². The molecule has 2 aromatic rings. The van der Waals surface area contributed by atoms with Crippen LogP contribution in [0.25, 0.3) is 11.3 Å². The molecule has 1 aliphatic heterocycles. The Morgan fingerprint density at radius 2 is 2.11 bits per heavy atom. The van der Waals surface area contributed by atoms with Gasteiger partial charge in [0.05, 0.1) is 11.9 Å². The fourth-order valence-electron chi connectivity index (χ4n) is 4.37. The maximum absolute atomic E-state index is 12.8. The zero-order valence-corrected chi connectivity index (χ0v) is 16.6. The third-order valence-electron chi connectivity index (χ3n) is 5.96. The Hall–Kier alpha value is -2.50. The summed E-state index contributed by atoms with van der Waals surface area (Å²) in [5.74, 6) is 1.79. The summed E-state index contributed by atoms with van der Waals surface area (Å²) in [6.45, 7) is 3.79. The summed E-state index contributed by atoms with van der Waals surface area (Å²) in [7, 11) is 0. The molecule has 3 heterocycles. The van der Waals surface area contributed by atoms with E-state index in [0.717, 1.165) is 80.8 Å². The molecule has 148 valence electrons. The number of allylic oxidation sites excluding steroid dienone is 2. The molecule has 6 heteroatoms. The third kappa shape index (κ3) is 4.01.